The van der Waals surface area contributed by atoms with Gasteiger partial charge in [0.1, 0.15) is 5.82 Å². The highest BCUT2D eigenvalue weighted by atomic mass is 35.5. The fourth-order valence-electron chi connectivity index (χ4n) is 3.61. The summed E-state index contributed by atoms with van der Waals surface area (Å²) in [5.74, 6) is -0.574. The first-order valence-electron chi connectivity index (χ1n) is 10.6. The lowest BCUT2D eigenvalue weighted by Gasteiger charge is -2.26. The van der Waals surface area contributed by atoms with Crippen molar-refractivity contribution in [2.75, 3.05) is 30.5 Å². The highest BCUT2D eigenvalue weighted by molar-refractivity contribution is 7.92. The second-order valence-corrected chi connectivity index (χ2v) is 9.69. The van der Waals surface area contributed by atoms with Crippen molar-refractivity contribution in [1.82, 2.24) is 4.90 Å². The molecule has 0 fully saturated rings. The Labute approximate surface area is 189 Å². The first-order valence-corrected chi connectivity index (χ1v) is 12.4. The van der Waals surface area contributed by atoms with Crippen LogP contribution in [-0.2, 0) is 10.0 Å². The maximum atomic E-state index is 13.7. The van der Waals surface area contributed by atoms with E-state index in [0.29, 0.717) is 18.7 Å². The molecule has 0 aliphatic rings. The summed E-state index contributed by atoms with van der Waals surface area (Å²) in [6.45, 7) is 7.34. The van der Waals surface area contributed by atoms with Gasteiger partial charge in [-0.1, -0.05) is 55.8 Å². The SMILES string of the molecule is CCN(CC)CCCCN(c1ccc(F)c(Cl)c1)S(=O)(=O)c1ccc2ccccc2c1. The number of hydrogen-bond donors (Lipinski definition) is 0. The van der Waals surface area contributed by atoms with Crippen LogP contribution in [0.4, 0.5) is 10.1 Å². The summed E-state index contributed by atoms with van der Waals surface area (Å²) in [7, 11) is -3.85. The first kappa shape index (κ1) is 23.5. The first-order chi connectivity index (χ1) is 14.9. The molecule has 166 valence electrons. The Hall–Kier alpha value is -2.15. The van der Waals surface area contributed by atoms with Crippen molar-refractivity contribution in [2.45, 2.75) is 31.6 Å². The summed E-state index contributed by atoms with van der Waals surface area (Å²) >= 11 is 5.97. The largest absolute Gasteiger partial charge is 0.304 e. The average Bonchev–Trinajstić information content (AvgIpc) is 2.78. The molecule has 3 rings (SSSR count). The molecule has 0 amide bonds. The van der Waals surface area contributed by atoms with Crippen molar-refractivity contribution in [3.8, 4) is 0 Å². The van der Waals surface area contributed by atoms with Gasteiger partial charge in [0.25, 0.3) is 10.0 Å². The van der Waals surface area contributed by atoms with Crippen molar-refractivity contribution >= 4 is 38.1 Å². The lowest BCUT2D eigenvalue weighted by atomic mass is 10.1. The van der Waals surface area contributed by atoms with E-state index in [2.05, 4.69) is 18.7 Å². The van der Waals surface area contributed by atoms with Crippen LogP contribution in [0.15, 0.2) is 65.6 Å². The predicted molar refractivity (Wildman–Crippen MR) is 127 cm³/mol. The van der Waals surface area contributed by atoms with Crippen molar-refractivity contribution in [1.29, 1.82) is 0 Å². The van der Waals surface area contributed by atoms with Gasteiger partial charge in [-0.15, -0.1) is 0 Å². The molecule has 3 aromatic rings. The quantitative estimate of drug-likeness (QED) is 0.349. The Bertz CT molecular complexity index is 1130. The summed E-state index contributed by atoms with van der Waals surface area (Å²) in [6, 6.07) is 16.8. The zero-order valence-electron chi connectivity index (χ0n) is 17.9. The van der Waals surface area contributed by atoms with Crippen LogP contribution in [0.5, 0.6) is 0 Å². The van der Waals surface area contributed by atoms with E-state index in [1.54, 1.807) is 18.2 Å². The zero-order valence-corrected chi connectivity index (χ0v) is 19.5. The van der Waals surface area contributed by atoms with Crippen LogP contribution in [-0.4, -0.2) is 39.5 Å². The van der Waals surface area contributed by atoms with Crippen LogP contribution in [0.3, 0.4) is 0 Å². The number of nitrogens with zero attached hydrogens (tertiary/aromatic N) is 2. The Morgan fingerprint density at radius 1 is 0.871 bits per heavy atom. The topological polar surface area (TPSA) is 40.6 Å². The zero-order chi connectivity index (χ0) is 22.4. The van der Waals surface area contributed by atoms with Gasteiger partial charge in [0.2, 0.25) is 0 Å². The highest BCUT2D eigenvalue weighted by Crippen LogP contribution is 2.29. The number of benzene rings is 3. The van der Waals surface area contributed by atoms with E-state index in [1.807, 2.05) is 24.3 Å². The normalized spacial score (nSPS) is 11.9. The van der Waals surface area contributed by atoms with Gasteiger partial charge >= 0.3 is 0 Å². The number of hydrogen-bond acceptors (Lipinski definition) is 3. The van der Waals surface area contributed by atoms with Gasteiger partial charge in [0, 0.05) is 6.54 Å². The van der Waals surface area contributed by atoms with Gasteiger partial charge in [-0.05, 0) is 73.6 Å². The van der Waals surface area contributed by atoms with E-state index in [0.717, 1.165) is 36.8 Å². The van der Waals surface area contributed by atoms with Crippen LogP contribution in [0.2, 0.25) is 5.02 Å². The minimum Gasteiger partial charge on any atom is -0.304 e. The number of unbranched alkanes of at least 4 members (excludes halogenated alkanes) is 1. The fraction of sp³-hybridized carbons (Fsp3) is 0.333. The molecule has 0 N–H and O–H groups in total. The molecule has 0 bridgehead atoms. The molecule has 0 spiro atoms. The molecular weight excluding hydrogens is 435 g/mol. The third kappa shape index (κ3) is 5.56. The van der Waals surface area contributed by atoms with Crippen molar-refractivity contribution in [3.63, 3.8) is 0 Å². The van der Waals surface area contributed by atoms with Crippen molar-refractivity contribution < 1.29 is 12.8 Å². The Kier molecular flexibility index (Phi) is 7.92. The van der Waals surface area contributed by atoms with Crippen molar-refractivity contribution in [2.24, 2.45) is 0 Å². The summed E-state index contributed by atoms with van der Waals surface area (Å²) in [6.07, 6.45) is 1.54. The molecule has 3 aromatic carbocycles. The monoisotopic (exact) mass is 462 g/mol. The number of anilines is 1. The summed E-state index contributed by atoms with van der Waals surface area (Å²) < 4.78 is 42.2. The summed E-state index contributed by atoms with van der Waals surface area (Å²) in [5, 5.41) is 1.72. The van der Waals surface area contributed by atoms with Crippen molar-refractivity contribution in [3.05, 3.63) is 71.5 Å². The molecule has 0 aliphatic carbocycles. The Morgan fingerprint density at radius 3 is 2.23 bits per heavy atom. The van der Waals surface area contributed by atoms with Gasteiger partial charge in [-0.25, -0.2) is 12.8 Å². The van der Waals surface area contributed by atoms with Gasteiger partial charge in [-0.3, -0.25) is 4.31 Å². The Balaban J connectivity index is 1.92. The molecule has 0 aromatic heterocycles. The molecule has 0 atom stereocenters. The smallest absolute Gasteiger partial charge is 0.264 e. The van der Waals surface area contributed by atoms with Gasteiger partial charge < -0.3 is 4.90 Å². The molecule has 0 saturated carbocycles. The van der Waals surface area contributed by atoms with E-state index < -0.39 is 15.8 Å². The second kappa shape index (κ2) is 10.4. The minimum absolute atomic E-state index is 0.0978. The third-order valence-electron chi connectivity index (χ3n) is 5.48. The molecule has 0 unspecified atom stereocenters. The van der Waals surface area contributed by atoms with E-state index >= 15 is 0 Å². The molecule has 4 nitrogen and oxygen atoms in total. The Morgan fingerprint density at radius 2 is 1.55 bits per heavy atom. The van der Waals surface area contributed by atoms with E-state index in [4.69, 9.17) is 11.6 Å². The van der Waals surface area contributed by atoms with E-state index in [-0.39, 0.29) is 9.92 Å². The van der Waals surface area contributed by atoms with Gasteiger partial charge in [0.05, 0.1) is 15.6 Å². The van der Waals surface area contributed by atoms with Crippen LogP contribution >= 0.6 is 11.6 Å². The van der Waals surface area contributed by atoms with Crippen LogP contribution in [0.1, 0.15) is 26.7 Å². The maximum absolute atomic E-state index is 13.7. The predicted octanol–water partition coefficient (Wildman–Crippen LogP) is 5.95. The summed E-state index contributed by atoms with van der Waals surface area (Å²) in [5.41, 5.74) is 0.363. The van der Waals surface area contributed by atoms with Crippen LogP contribution < -0.4 is 4.31 Å². The molecule has 0 radical (unpaired) electrons. The third-order valence-corrected chi connectivity index (χ3v) is 7.59. The minimum atomic E-state index is -3.85. The van der Waals surface area contributed by atoms with Gasteiger partial charge in [-0.2, -0.15) is 0 Å². The molecule has 7 heteroatoms. The van der Waals surface area contributed by atoms with E-state index in [9.17, 15) is 12.8 Å². The number of sulfonamides is 1. The number of fused-ring (bicyclic) bond motifs is 1. The molecule has 0 aliphatic heterocycles. The second-order valence-electron chi connectivity index (χ2n) is 7.42. The standard InChI is InChI=1S/C24H28ClFN2O2S/c1-3-27(4-2)15-7-8-16-28(21-12-14-24(26)23(25)18-21)31(29,30)22-13-11-19-9-5-6-10-20(19)17-22/h5-6,9-14,17-18H,3-4,7-8,15-16H2,1-2H3. The molecular formula is C24H28ClFN2O2S. The average molecular weight is 463 g/mol. The van der Waals surface area contributed by atoms with Gasteiger partial charge in [0.15, 0.2) is 0 Å². The lowest BCUT2D eigenvalue weighted by molar-refractivity contribution is 0.298. The fourth-order valence-corrected chi connectivity index (χ4v) is 5.32. The molecule has 0 saturated heterocycles. The molecule has 31 heavy (non-hydrogen) atoms. The van der Waals surface area contributed by atoms with Crippen LogP contribution in [0.25, 0.3) is 10.8 Å². The van der Waals surface area contributed by atoms with Crippen LogP contribution in [0, 0.1) is 5.82 Å². The molecule has 0 heterocycles. The highest BCUT2D eigenvalue weighted by Gasteiger charge is 2.25. The lowest BCUT2D eigenvalue weighted by Crippen LogP contribution is -2.33. The number of halogens is 2. The maximum Gasteiger partial charge on any atom is 0.264 e. The summed E-state index contributed by atoms with van der Waals surface area (Å²) in [4.78, 5) is 2.51. The number of rotatable bonds is 10. The van der Waals surface area contributed by atoms with E-state index in [1.165, 1.54) is 22.5 Å².